The van der Waals surface area contributed by atoms with Crippen LogP contribution in [0.2, 0.25) is 0 Å². The van der Waals surface area contributed by atoms with E-state index in [1.54, 1.807) is 5.57 Å². The summed E-state index contributed by atoms with van der Waals surface area (Å²) >= 11 is 0. The summed E-state index contributed by atoms with van der Waals surface area (Å²) in [5.74, 6) is -0.596. The summed E-state index contributed by atoms with van der Waals surface area (Å²) in [5.41, 5.74) is 2.24. The predicted octanol–water partition coefficient (Wildman–Crippen LogP) is 4.36. The number of fused-ring (bicyclic) bond motifs is 6. The van der Waals surface area contributed by atoms with E-state index in [9.17, 15) is 26.4 Å². The third-order valence-corrected chi connectivity index (χ3v) is 10.7. The normalized spacial score (nSPS) is 27.8. The fourth-order valence-electron chi connectivity index (χ4n) is 7.36. The fourth-order valence-corrected chi connectivity index (χ4v) is 8.51. The molecule has 3 saturated heterocycles. The second-order valence-electron chi connectivity index (χ2n) is 11.8. The van der Waals surface area contributed by atoms with Gasteiger partial charge in [0.25, 0.3) is 0 Å². The Bertz CT molecular complexity index is 1150. The highest BCUT2D eigenvalue weighted by molar-refractivity contribution is 7.91. The molecule has 216 valence electrons. The minimum atomic E-state index is -4.80. The zero-order valence-electron chi connectivity index (χ0n) is 22.5. The Labute approximate surface area is 229 Å². The molecule has 0 radical (unpaired) electrons. The second kappa shape index (κ2) is 11.9. The van der Waals surface area contributed by atoms with Gasteiger partial charge in [-0.2, -0.15) is 13.2 Å². The molecule has 3 aliphatic heterocycles. The lowest BCUT2D eigenvalue weighted by atomic mass is 9.68. The highest BCUT2D eigenvalue weighted by Crippen LogP contribution is 2.45. The number of hydrogen-bond acceptors (Lipinski definition) is 5. The van der Waals surface area contributed by atoms with E-state index in [-0.39, 0.29) is 12.3 Å². The molecule has 4 atom stereocenters. The molecule has 0 unspecified atom stereocenters. The van der Waals surface area contributed by atoms with E-state index in [1.165, 1.54) is 63.7 Å². The van der Waals surface area contributed by atoms with Gasteiger partial charge in [-0.25, -0.2) is 8.42 Å². The van der Waals surface area contributed by atoms with Gasteiger partial charge in [-0.05, 0) is 94.1 Å². The predicted molar refractivity (Wildman–Crippen MR) is 144 cm³/mol. The van der Waals surface area contributed by atoms with Gasteiger partial charge in [-0.3, -0.25) is 14.6 Å². The van der Waals surface area contributed by atoms with Crippen molar-refractivity contribution in [3.63, 3.8) is 0 Å². The molecule has 3 heterocycles. The first kappa shape index (κ1) is 28.6. The Morgan fingerprint density at radius 1 is 1.05 bits per heavy atom. The summed E-state index contributed by atoms with van der Waals surface area (Å²) in [4.78, 5) is 17.4. The van der Waals surface area contributed by atoms with Crippen LogP contribution in [0.15, 0.2) is 40.8 Å². The molecule has 4 aliphatic rings. The Balaban J connectivity index is 1.05. The molecular weight excluding hydrogens is 527 g/mol. The van der Waals surface area contributed by atoms with Crippen molar-refractivity contribution in [2.45, 2.75) is 80.9 Å². The smallest absolute Gasteiger partial charge is 0.356 e. The molecule has 1 aliphatic carbocycles. The summed E-state index contributed by atoms with van der Waals surface area (Å²) in [6.45, 7) is 5.25. The molecule has 5 rings (SSSR count). The fraction of sp³-hybridized carbons (Fsp3) is 0.690. The average Bonchev–Trinajstić information content (AvgIpc) is 2.87. The molecule has 1 N–H and O–H groups in total. The van der Waals surface area contributed by atoms with Crippen molar-refractivity contribution in [1.82, 2.24) is 15.1 Å². The third-order valence-electron chi connectivity index (χ3n) is 8.96. The van der Waals surface area contributed by atoms with Gasteiger partial charge in [0.15, 0.2) is 15.6 Å². The number of carbonyl (C=O) groups excluding carboxylic acids is 1. The lowest BCUT2D eigenvalue weighted by Gasteiger charge is -2.55. The van der Waals surface area contributed by atoms with Gasteiger partial charge in [0.2, 0.25) is 5.91 Å². The average molecular weight is 568 g/mol. The maximum atomic E-state index is 12.5. The van der Waals surface area contributed by atoms with Crippen LogP contribution in [0.5, 0.6) is 0 Å². The van der Waals surface area contributed by atoms with E-state index in [0.717, 1.165) is 55.9 Å². The van der Waals surface area contributed by atoms with Crippen molar-refractivity contribution in [1.29, 1.82) is 0 Å². The minimum absolute atomic E-state index is 0.0578. The van der Waals surface area contributed by atoms with Crippen LogP contribution in [0.3, 0.4) is 0 Å². The zero-order chi connectivity index (χ0) is 27.6. The summed E-state index contributed by atoms with van der Waals surface area (Å²) < 4.78 is 61.3. The number of carbonyl (C=O) groups is 1. The van der Waals surface area contributed by atoms with Crippen LogP contribution < -0.4 is 5.32 Å². The van der Waals surface area contributed by atoms with Crippen molar-refractivity contribution in [3.05, 3.63) is 41.5 Å². The van der Waals surface area contributed by atoms with Crippen molar-refractivity contribution < 1.29 is 26.4 Å². The van der Waals surface area contributed by atoms with Gasteiger partial charge < -0.3 is 5.32 Å². The zero-order valence-corrected chi connectivity index (χ0v) is 23.3. The Hall–Kier alpha value is -1.91. The Morgan fingerprint density at radius 2 is 1.85 bits per heavy atom. The van der Waals surface area contributed by atoms with Gasteiger partial charge in [-0.1, -0.05) is 30.2 Å². The number of nitrogens with zero attached hydrogens (tertiary/aromatic N) is 2. The second-order valence-corrected chi connectivity index (χ2v) is 13.8. The van der Waals surface area contributed by atoms with Crippen molar-refractivity contribution in [2.75, 3.05) is 38.5 Å². The van der Waals surface area contributed by atoms with E-state index >= 15 is 0 Å². The molecule has 0 saturated carbocycles. The standard InChI is InChI=1S/C29H40F3N3O3S/c30-29(31,32)20-39(37,38)25-10-8-21(9-11-25)16-27(36)33-12-2-4-13-34-15-5-6-22-17-23-18-24(28(22)34)19-35-14-3-1-7-26(23)35/h8-11,17,23-24,26,28H,1-7,12-16,18-20H2,(H,33,36)/t23-,24+,26+,28+/m0/s1. The largest absolute Gasteiger partial charge is 0.403 e. The van der Waals surface area contributed by atoms with E-state index in [2.05, 4.69) is 21.2 Å². The van der Waals surface area contributed by atoms with E-state index in [4.69, 9.17) is 0 Å². The number of piperidine rings is 3. The highest BCUT2D eigenvalue weighted by atomic mass is 32.2. The maximum absolute atomic E-state index is 12.5. The molecule has 0 spiro atoms. The molecule has 1 aromatic rings. The van der Waals surface area contributed by atoms with Crippen LogP contribution in [0, 0.1) is 11.8 Å². The van der Waals surface area contributed by atoms with Crippen LogP contribution in [0.25, 0.3) is 0 Å². The lowest BCUT2D eigenvalue weighted by Crippen LogP contribution is -2.59. The molecule has 6 nitrogen and oxygen atoms in total. The van der Waals surface area contributed by atoms with Gasteiger partial charge in [0.05, 0.1) is 11.3 Å². The van der Waals surface area contributed by atoms with E-state index < -0.39 is 26.7 Å². The number of alkyl halides is 3. The quantitative estimate of drug-likeness (QED) is 0.355. The minimum Gasteiger partial charge on any atom is -0.356 e. The molecule has 2 bridgehead atoms. The summed E-state index contributed by atoms with van der Waals surface area (Å²) in [7, 11) is -4.45. The van der Waals surface area contributed by atoms with Crippen LogP contribution >= 0.6 is 0 Å². The summed E-state index contributed by atoms with van der Waals surface area (Å²) in [6, 6.07) is 6.41. The molecule has 1 aromatic carbocycles. The first-order chi connectivity index (χ1) is 18.6. The van der Waals surface area contributed by atoms with Crippen molar-refractivity contribution in [2.24, 2.45) is 11.8 Å². The van der Waals surface area contributed by atoms with Crippen LogP contribution in [0.1, 0.15) is 56.9 Å². The summed E-state index contributed by atoms with van der Waals surface area (Å²) in [6.07, 6.45) is 7.67. The van der Waals surface area contributed by atoms with Crippen molar-refractivity contribution >= 4 is 15.7 Å². The first-order valence-corrected chi connectivity index (χ1v) is 16.1. The Morgan fingerprint density at radius 3 is 2.62 bits per heavy atom. The number of hydrogen-bond donors (Lipinski definition) is 1. The van der Waals surface area contributed by atoms with Crippen molar-refractivity contribution in [3.8, 4) is 0 Å². The highest BCUT2D eigenvalue weighted by Gasteiger charge is 2.45. The van der Waals surface area contributed by atoms with Crippen LogP contribution in [-0.2, 0) is 21.1 Å². The topological polar surface area (TPSA) is 69.7 Å². The molecule has 0 aromatic heterocycles. The number of nitrogens with one attached hydrogen (secondary N) is 1. The SMILES string of the molecule is O=C(Cc1ccc(S(=O)(=O)CC(F)(F)F)cc1)NCCCCN1CCCC2=C[C@H]3C[C@H](CN4CCCC[C@H]34)[C@@H]21. The molecule has 39 heavy (non-hydrogen) atoms. The monoisotopic (exact) mass is 567 g/mol. The van der Waals surface area contributed by atoms with E-state index in [1.807, 2.05) is 0 Å². The van der Waals surface area contributed by atoms with Gasteiger partial charge >= 0.3 is 6.18 Å². The lowest BCUT2D eigenvalue weighted by molar-refractivity contribution is -0.120. The molecule has 10 heteroatoms. The number of rotatable bonds is 9. The number of amides is 1. The van der Waals surface area contributed by atoms with Gasteiger partial charge in [0.1, 0.15) is 0 Å². The van der Waals surface area contributed by atoms with Gasteiger partial charge in [-0.15, -0.1) is 0 Å². The van der Waals surface area contributed by atoms with Gasteiger partial charge in [0, 0.05) is 25.2 Å². The number of sulfone groups is 1. The van der Waals surface area contributed by atoms with E-state index in [0.29, 0.717) is 18.2 Å². The molecule has 1 amide bonds. The van der Waals surface area contributed by atoms with Crippen LogP contribution in [-0.4, -0.2) is 80.9 Å². The maximum Gasteiger partial charge on any atom is 0.403 e. The summed E-state index contributed by atoms with van der Waals surface area (Å²) in [5, 5.41) is 2.92. The Kier molecular flexibility index (Phi) is 8.74. The van der Waals surface area contributed by atoms with Crippen LogP contribution in [0.4, 0.5) is 13.2 Å². The number of halogens is 3. The number of benzene rings is 1. The number of unbranched alkanes of at least 4 members (excludes halogenated alkanes) is 1. The number of likely N-dealkylation sites (tertiary alicyclic amines) is 1. The molecular formula is C29H40F3N3O3S. The first-order valence-electron chi connectivity index (χ1n) is 14.4. The third kappa shape index (κ3) is 7.06. The molecule has 3 fully saturated rings.